The molecule has 1 saturated carbocycles. The molecule has 2 atom stereocenters. The Kier molecular flexibility index (Phi) is 2.36. The maximum atomic E-state index is 11.6. The van der Waals surface area contributed by atoms with E-state index in [4.69, 9.17) is 16.3 Å². The third-order valence-electron chi connectivity index (χ3n) is 3.35. The molecule has 0 aromatic carbocycles. The molecule has 1 aliphatic carbocycles. The van der Waals surface area contributed by atoms with Crippen LogP contribution in [0.4, 0.5) is 0 Å². The molecule has 0 N–H and O–H groups in total. The van der Waals surface area contributed by atoms with Gasteiger partial charge in [0.2, 0.25) is 0 Å². The first kappa shape index (κ1) is 11.0. The molecule has 0 radical (unpaired) electrons. The number of methoxy groups -OCH3 is 1. The summed E-state index contributed by atoms with van der Waals surface area (Å²) < 4.78 is 4.78. The van der Waals surface area contributed by atoms with Crippen LogP contribution in [-0.2, 0) is 14.4 Å². The van der Waals surface area contributed by atoms with Gasteiger partial charge in [0.1, 0.15) is 0 Å². The van der Waals surface area contributed by atoms with Gasteiger partial charge in [-0.05, 0) is 22.4 Å². The van der Waals surface area contributed by atoms with Crippen LogP contribution in [0.2, 0.25) is 0 Å². The fraction of sp³-hybridized carbons (Fsp3) is 0.545. The van der Waals surface area contributed by atoms with Gasteiger partial charge in [0, 0.05) is 5.41 Å². The molecule has 1 heterocycles. The van der Waals surface area contributed by atoms with Crippen LogP contribution < -0.4 is 0 Å². The van der Waals surface area contributed by atoms with Gasteiger partial charge in [-0.25, -0.2) is 0 Å². The van der Waals surface area contributed by atoms with Gasteiger partial charge < -0.3 is 4.74 Å². The average molecular weight is 245 g/mol. The van der Waals surface area contributed by atoms with Crippen LogP contribution in [0.3, 0.4) is 0 Å². The molecule has 1 aliphatic rings. The summed E-state index contributed by atoms with van der Waals surface area (Å²) in [6.07, 6.45) is 0. The summed E-state index contributed by atoms with van der Waals surface area (Å²) in [7, 11) is 1.40. The normalized spacial score (nSPS) is 32.4. The number of esters is 1. The molecule has 82 valence electrons. The van der Waals surface area contributed by atoms with Gasteiger partial charge in [-0.1, -0.05) is 13.8 Å². The molecule has 15 heavy (non-hydrogen) atoms. The molecule has 0 spiro atoms. The minimum atomic E-state index is -0.583. The Hall–Kier alpha value is -0.540. The van der Waals surface area contributed by atoms with Gasteiger partial charge in [-0.15, -0.1) is 11.6 Å². The lowest BCUT2D eigenvalue weighted by Gasteiger charge is -2.09. The summed E-state index contributed by atoms with van der Waals surface area (Å²) in [5.74, 6) is -0.465. The first-order chi connectivity index (χ1) is 6.96. The Morgan fingerprint density at radius 2 is 2.27 bits per heavy atom. The molecule has 1 fully saturated rings. The largest absolute Gasteiger partial charge is 0.469 e. The van der Waals surface area contributed by atoms with Crippen molar-refractivity contribution in [1.29, 1.82) is 0 Å². The quantitative estimate of drug-likeness (QED) is 0.591. The van der Waals surface area contributed by atoms with Crippen LogP contribution in [0.1, 0.15) is 19.4 Å². The number of hydrogen-bond acceptors (Lipinski definition) is 3. The topological polar surface area (TPSA) is 26.3 Å². The molecule has 2 unspecified atom stereocenters. The zero-order chi connectivity index (χ0) is 11.3. The van der Waals surface area contributed by atoms with E-state index >= 15 is 0 Å². The van der Waals surface area contributed by atoms with E-state index in [1.165, 1.54) is 7.11 Å². The van der Waals surface area contributed by atoms with Crippen LogP contribution in [-0.4, -0.2) is 13.1 Å². The average Bonchev–Trinajstić information content (AvgIpc) is 2.65. The summed E-state index contributed by atoms with van der Waals surface area (Å²) in [6, 6.07) is 1.97. The lowest BCUT2D eigenvalue weighted by atomic mass is 10.1. The summed E-state index contributed by atoms with van der Waals surface area (Å²) in [4.78, 5) is 11.0. The number of halogens is 1. The molecule has 4 heteroatoms. The summed E-state index contributed by atoms with van der Waals surface area (Å²) in [5.41, 5.74) is 0.789. The second-order valence-corrected chi connectivity index (χ2v) is 5.78. The standard InChI is InChI=1S/C11H13ClO2S/c1-10(2)8(9(13)14-3)11(10,12)7-4-5-15-6-7/h4-6,8H,1-3H3. The first-order valence-corrected chi connectivity index (χ1v) is 6.07. The van der Waals surface area contributed by atoms with Crippen LogP contribution in [0.15, 0.2) is 16.8 Å². The summed E-state index contributed by atoms with van der Waals surface area (Å²) >= 11 is 8.14. The molecular weight excluding hydrogens is 232 g/mol. The second-order valence-electron chi connectivity index (χ2n) is 4.40. The minimum absolute atomic E-state index is 0.221. The third-order valence-corrected chi connectivity index (χ3v) is 4.96. The minimum Gasteiger partial charge on any atom is -0.469 e. The van der Waals surface area contributed by atoms with Gasteiger partial charge in [-0.2, -0.15) is 11.3 Å². The van der Waals surface area contributed by atoms with Gasteiger partial charge >= 0.3 is 5.97 Å². The van der Waals surface area contributed by atoms with E-state index in [9.17, 15) is 4.79 Å². The number of carbonyl (C=O) groups excluding carboxylic acids is 1. The van der Waals surface area contributed by atoms with E-state index in [-0.39, 0.29) is 17.3 Å². The van der Waals surface area contributed by atoms with E-state index in [0.717, 1.165) is 5.56 Å². The Morgan fingerprint density at radius 1 is 1.60 bits per heavy atom. The smallest absolute Gasteiger partial charge is 0.311 e. The Balaban J connectivity index is 2.36. The molecular formula is C11H13ClO2S. The molecule has 2 rings (SSSR count). The Morgan fingerprint density at radius 3 is 2.73 bits per heavy atom. The number of alkyl halides is 1. The van der Waals surface area contributed by atoms with Crippen molar-refractivity contribution in [2.75, 3.05) is 7.11 Å². The first-order valence-electron chi connectivity index (χ1n) is 4.75. The van der Waals surface area contributed by atoms with Gasteiger partial charge in [0.15, 0.2) is 0 Å². The monoisotopic (exact) mass is 244 g/mol. The molecule has 0 aliphatic heterocycles. The van der Waals surface area contributed by atoms with E-state index in [1.807, 2.05) is 30.7 Å². The number of ether oxygens (including phenoxy) is 1. The van der Waals surface area contributed by atoms with E-state index in [1.54, 1.807) is 11.3 Å². The number of rotatable bonds is 2. The third kappa shape index (κ3) is 1.26. The predicted octanol–water partition coefficient (Wildman–Crippen LogP) is 3.01. The highest BCUT2D eigenvalue weighted by atomic mass is 35.5. The van der Waals surface area contributed by atoms with Gasteiger partial charge in [0.05, 0.1) is 17.9 Å². The highest BCUT2D eigenvalue weighted by molar-refractivity contribution is 7.08. The number of carbonyl (C=O) groups is 1. The van der Waals surface area contributed by atoms with E-state index < -0.39 is 4.87 Å². The van der Waals surface area contributed by atoms with Crippen LogP contribution in [0.5, 0.6) is 0 Å². The van der Waals surface area contributed by atoms with Crippen molar-refractivity contribution in [2.24, 2.45) is 11.3 Å². The van der Waals surface area contributed by atoms with Crippen LogP contribution in [0.25, 0.3) is 0 Å². The molecule has 0 amide bonds. The van der Waals surface area contributed by atoms with Crippen molar-refractivity contribution in [1.82, 2.24) is 0 Å². The van der Waals surface area contributed by atoms with Crippen molar-refractivity contribution >= 4 is 28.9 Å². The molecule has 1 aromatic heterocycles. The fourth-order valence-corrected chi connectivity index (χ4v) is 3.61. The van der Waals surface area contributed by atoms with Crippen molar-refractivity contribution < 1.29 is 9.53 Å². The summed E-state index contributed by atoms with van der Waals surface area (Å²) in [6.45, 7) is 4.00. The van der Waals surface area contributed by atoms with Crippen molar-refractivity contribution in [3.8, 4) is 0 Å². The Bertz CT molecular complexity index is 385. The van der Waals surface area contributed by atoms with Gasteiger partial charge in [0.25, 0.3) is 0 Å². The second kappa shape index (κ2) is 3.22. The maximum Gasteiger partial charge on any atom is 0.311 e. The van der Waals surface area contributed by atoms with Crippen molar-refractivity contribution in [3.63, 3.8) is 0 Å². The zero-order valence-corrected chi connectivity index (χ0v) is 10.5. The fourth-order valence-electron chi connectivity index (χ4n) is 2.30. The Labute approximate surface area is 98.2 Å². The lowest BCUT2D eigenvalue weighted by molar-refractivity contribution is -0.143. The van der Waals surface area contributed by atoms with Crippen LogP contribution in [0, 0.1) is 11.3 Å². The summed E-state index contributed by atoms with van der Waals surface area (Å²) in [5, 5.41) is 3.97. The molecule has 0 saturated heterocycles. The zero-order valence-electron chi connectivity index (χ0n) is 8.91. The highest BCUT2D eigenvalue weighted by Gasteiger charge is 2.75. The van der Waals surface area contributed by atoms with Crippen molar-refractivity contribution in [2.45, 2.75) is 18.7 Å². The molecule has 1 aromatic rings. The van der Waals surface area contributed by atoms with Gasteiger partial charge in [-0.3, -0.25) is 4.79 Å². The molecule has 0 bridgehead atoms. The SMILES string of the molecule is COC(=O)C1C(C)(C)C1(Cl)c1ccsc1. The van der Waals surface area contributed by atoms with Crippen LogP contribution >= 0.6 is 22.9 Å². The molecule has 2 nitrogen and oxygen atoms in total. The van der Waals surface area contributed by atoms with Crippen molar-refractivity contribution in [3.05, 3.63) is 22.4 Å². The van der Waals surface area contributed by atoms with E-state index in [0.29, 0.717) is 0 Å². The van der Waals surface area contributed by atoms with E-state index in [2.05, 4.69) is 0 Å². The lowest BCUT2D eigenvalue weighted by Crippen LogP contribution is -2.10. The highest BCUT2D eigenvalue weighted by Crippen LogP contribution is 2.72. The number of thiophene rings is 1. The number of hydrogen-bond donors (Lipinski definition) is 0. The predicted molar refractivity (Wildman–Crippen MR) is 61.1 cm³/mol. The maximum absolute atomic E-state index is 11.6.